The van der Waals surface area contributed by atoms with Crippen LogP contribution in [0.1, 0.15) is 13.8 Å². The van der Waals surface area contributed by atoms with Gasteiger partial charge in [-0.15, -0.1) is 0 Å². The van der Waals surface area contributed by atoms with Crippen LogP contribution in [0.5, 0.6) is 0 Å². The smallest absolute Gasteiger partial charge is 0.202 e. The number of rotatable bonds is 6. The number of sulfone groups is 2. The van der Waals surface area contributed by atoms with E-state index in [4.69, 9.17) is 0 Å². The second-order valence-electron chi connectivity index (χ2n) is 5.50. The van der Waals surface area contributed by atoms with E-state index in [0.717, 1.165) is 0 Å². The fraction of sp³-hybridized carbons (Fsp3) is 0.222. The summed E-state index contributed by atoms with van der Waals surface area (Å²) in [5.74, 6) is -0.909. The van der Waals surface area contributed by atoms with E-state index in [1.165, 1.54) is 30.3 Å². The fourth-order valence-electron chi connectivity index (χ4n) is 2.58. The van der Waals surface area contributed by atoms with Gasteiger partial charge in [0.25, 0.3) is 0 Å². The molecule has 0 bridgehead atoms. The van der Waals surface area contributed by atoms with Gasteiger partial charge in [0.15, 0.2) is 9.84 Å². The Labute approximate surface area is 143 Å². The summed E-state index contributed by atoms with van der Waals surface area (Å²) in [4.78, 5) is 0.486. The van der Waals surface area contributed by atoms with Crippen molar-refractivity contribution in [2.24, 2.45) is 5.92 Å². The van der Waals surface area contributed by atoms with E-state index in [2.05, 4.69) is 0 Å². The lowest BCUT2D eigenvalue weighted by molar-refractivity contribution is 0.582. The molecule has 2 rings (SSSR count). The molecule has 0 aromatic heterocycles. The van der Waals surface area contributed by atoms with Crippen LogP contribution in [-0.4, -0.2) is 22.6 Å². The third-order valence-electron chi connectivity index (χ3n) is 3.71. The molecule has 24 heavy (non-hydrogen) atoms. The number of hydrogen-bond acceptors (Lipinski definition) is 4. The predicted molar refractivity (Wildman–Crippen MR) is 95.0 cm³/mol. The summed E-state index contributed by atoms with van der Waals surface area (Å²) in [7, 11) is -7.27. The minimum absolute atomic E-state index is 0.119. The maximum absolute atomic E-state index is 12.8. The van der Waals surface area contributed by atoms with Crippen LogP contribution in [0.15, 0.2) is 81.4 Å². The van der Waals surface area contributed by atoms with Crippen molar-refractivity contribution < 1.29 is 16.8 Å². The zero-order chi connectivity index (χ0) is 17.8. The highest BCUT2D eigenvalue weighted by Gasteiger charge is 2.28. The summed E-state index contributed by atoms with van der Waals surface area (Å²) in [6, 6.07) is 16.1. The molecule has 2 aromatic carbocycles. The standard InChI is InChI=1S/C18H20O4S2/c1-3-18(24(21,22)17-12-8-5-9-13-17)15(2)14-23(19,20)16-10-6-4-7-11-16/h3-13,15H,14H2,1-2H3/b18-3-. The normalized spacial score (nSPS) is 14.3. The molecule has 0 aliphatic rings. The van der Waals surface area contributed by atoms with Gasteiger partial charge in [-0.25, -0.2) is 16.8 Å². The molecule has 1 unspecified atom stereocenters. The van der Waals surface area contributed by atoms with Gasteiger partial charge in [0, 0.05) is 10.8 Å². The number of hydrogen-bond donors (Lipinski definition) is 0. The maximum atomic E-state index is 12.8. The van der Waals surface area contributed by atoms with Crippen LogP contribution in [0.3, 0.4) is 0 Å². The second-order valence-corrected chi connectivity index (χ2v) is 9.49. The van der Waals surface area contributed by atoms with E-state index in [9.17, 15) is 16.8 Å². The van der Waals surface area contributed by atoms with Crippen LogP contribution in [-0.2, 0) is 19.7 Å². The van der Waals surface area contributed by atoms with Crippen LogP contribution in [0.4, 0.5) is 0 Å². The molecule has 0 amide bonds. The van der Waals surface area contributed by atoms with Crippen LogP contribution in [0.25, 0.3) is 0 Å². The first-order valence-corrected chi connectivity index (χ1v) is 10.7. The SMILES string of the molecule is C/C=C(/C(C)CS(=O)(=O)c1ccccc1)S(=O)(=O)c1ccccc1. The van der Waals surface area contributed by atoms with Crippen LogP contribution in [0, 0.1) is 5.92 Å². The average Bonchev–Trinajstić information content (AvgIpc) is 2.56. The van der Waals surface area contributed by atoms with E-state index in [1.807, 2.05) is 0 Å². The zero-order valence-electron chi connectivity index (χ0n) is 13.6. The predicted octanol–water partition coefficient (Wildman–Crippen LogP) is 3.47. The molecule has 0 N–H and O–H groups in total. The van der Waals surface area contributed by atoms with Crippen molar-refractivity contribution in [1.29, 1.82) is 0 Å². The largest absolute Gasteiger partial charge is 0.224 e. The first-order chi connectivity index (χ1) is 11.3. The van der Waals surface area contributed by atoms with Crippen molar-refractivity contribution in [2.75, 3.05) is 5.75 Å². The van der Waals surface area contributed by atoms with Gasteiger partial charge in [0.2, 0.25) is 9.84 Å². The van der Waals surface area contributed by atoms with E-state index in [1.54, 1.807) is 50.2 Å². The summed E-state index contributed by atoms with van der Waals surface area (Å²) in [5, 5.41) is 0. The second kappa shape index (κ2) is 7.32. The molecule has 2 aromatic rings. The van der Waals surface area contributed by atoms with Gasteiger partial charge in [-0.3, -0.25) is 0 Å². The van der Waals surface area contributed by atoms with Gasteiger partial charge in [0.05, 0.1) is 15.5 Å². The quantitative estimate of drug-likeness (QED) is 0.787. The Morgan fingerprint density at radius 3 is 1.79 bits per heavy atom. The Hall–Kier alpha value is -1.92. The molecule has 1 atom stereocenters. The Bertz CT molecular complexity index is 913. The summed E-state index contributed by atoms with van der Waals surface area (Å²) in [5.41, 5.74) is 0. The summed E-state index contributed by atoms with van der Waals surface area (Å²) in [6.45, 7) is 3.23. The average molecular weight is 364 g/mol. The summed E-state index contributed by atoms with van der Waals surface area (Å²) >= 11 is 0. The van der Waals surface area contributed by atoms with Gasteiger partial charge in [-0.1, -0.05) is 49.4 Å². The Morgan fingerprint density at radius 2 is 1.33 bits per heavy atom. The van der Waals surface area contributed by atoms with Crippen molar-refractivity contribution in [2.45, 2.75) is 23.6 Å². The third kappa shape index (κ3) is 3.94. The fourth-order valence-corrected chi connectivity index (χ4v) is 5.99. The molecule has 4 nitrogen and oxygen atoms in total. The lowest BCUT2D eigenvalue weighted by Gasteiger charge is -2.17. The molecule has 0 spiro atoms. The number of benzene rings is 2. The molecule has 0 fully saturated rings. The minimum Gasteiger partial charge on any atom is -0.224 e. The van der Waals surface area contributed by atoms with E-state index >= 15 is 0 Å². The molecule has 128 valence electrons. The van der Waals surface area contributed by atoms with Crippen molar-refractivity contribution in [3.05, 3.63) is 71.6 Å². The first kappa shape index (κ1) is 18.4. The lowest BCUT2D eigenvalue weighted by atomic mass is 10.2. The molecular formula is C18H20O4S2. The van der Waals surface area contributed by atoms with Crippen molar-refractivity contribution in [1.82, 2.24) is 0 Å². The molecular weight excluding hydrogens is 344 g/mol. The summed E-state index contributed by atoms with van der Waals surface area (Å²) in [6.07, 6.45) is 1.48. The molecule has 6 heteroatoms. The Kier molecular flexibility index (Phi) is 5.62. The van der Waals surface area contributed by atoms with Gasteiger partial charge in [0.1, 0.15) is 0 Å². The molecule has 0 saturated carbocycles. The van der Waals surface area contributed by atoms with Gasteiger partial charge in [-0.05, 0) is 31.2 Å². The molecule has 0 saturated heterocycles. The highest BCUT2D eigenvalue weighted by atomic mass is 32.2. The molecule has 0 aliphatic heterocycles. The van der Waals surface area contributed by atoms with E-state index in [-0.39, 0.29) is 20.4 Å². The van der Waals surface area contributed by atoms with Crippen molar-refractivity contribution >= 4 is 19.7 Å². The van der Waals surface area contributed by atoms with Crippen LogP contribution in [0.2, 0.25) is 0 Å². The third-order valence-corrected chi connectivity index (χ3v) is 7.79. The van der Waals surface area contributed by atoms with Gasteiger partial charge < -0.3 is 0 Å². The van der Waals surface area contributed by atoms with Crippen LogP contribution >= 0.6 is 0 Å². The van der Waals surface area contributed by atoms with Crippen molar-refractivity contribution in [3.8, 4) is 0 Å². The molecule has 0 aliphatic carbocycles. The highest BCUT2D eigenvalue weighted by Crippen LogP contribution is 2.27. The van der Waals surface area contributed by atoms with E-state index < -0.39 is 25.6 Å². The maximum Gasteiger partial charge on any atom is 0.202 e. The molecule has 0 heterocycles. The monoisotopic (exact) mass is 364 g/mol. The lowest BCUT2D eigenvalue weighted by Crippen LogP contribution is -2.20. The molecule has 0 radical (unpaired) electrons. The van der Waals surface area contributed by atoms with Crippen LogP contribution < -0.4 is 0 Å². The zero-order valence-corrected chi connectivity index (χ0v) is 15.2. The van der Waals surface area contributed by atoms with E-state index in [0.29, 0.717) is 0 Å². The summed E-state index contributed by atoms with van der Waals surface area (Å²) < 4.78 is 50.5. The first-order valence-electron chi connectivity index (χ1n) is 7.53. The minimum atomic E-state index is -3.71. The Balaban J connectivity index is 2.33. The van der Waals surface area contributed by atoms with Gasteiger partial charge >= 0.3 is 0 Å². The van der Waals surface area contributed by atoms with Crippen molar-refractivity contribution in [3.63, 3.8) is 0 Å². The topological polar surface area (TPSA) is 68.3 Å². The Morgan fingerprint density at radius 1 is 0.875 bits per heavy atom. The van der Waals surface area contributed by atoms with Gasteiger partial charge in [-0.2, -0.15) is 0 Å². The number of allylic oxidation sites excluding steroid dienone is 2. The highest BCUT2D eigenvalue weighted by molar-refractivity contribution is 7.95.